The Kier molecular flexibility index (Phi) is 2.67. The van der Waals surface area contributed by atoms with Crippen LogP contribution in [0.5, 0.6) is 0 Å². The normalized spacial score (nSPS) is 34.0. The summed E-state index contributed by atoms with van der Waals surface area (Å²) in [5.41, 5.74) is -0.0212. The Hall–Kier alpha value is -0.730. The highest BCUT2D eigenvalue weighted by Gasteiger charge is 2.47. The molecule has 0 spiro atoms. The van der Waals surface area contributed by atoms with Gasteiger partial charge in [-0.25, -0.2) is 4.79 Å². The molecule has 1 unspecified atom stereocenters. The Morgan fingerprint density at radius 1 is 1.44 bits per heavy atom. The summed E-state index contributed by atoms with van der Waals surface area (Å²) in [6.07, 6.45) is 3.72. The maximum atomic E-state index is 11.9. The van der Waals surface area contributed by atoms with Crippen molar-refractivity contribution in [2.24, 2.45) is 11.3 Å². The van der Waals surface area contributed by atoms with Crippen molar-refractivity contribution in [3.8, 4) is 0 Å². The lowest BCUT2D eigenvalue weighted by atomic mass is 9.83. The van der Waals surface area contributed by atoms with Crippen molar-refractivity contribution in [1.29, 1.82) is 0 Å². The smallest absolute Gasteiger partial charge is 0.410 e. The van der Waals surface area contributed by atoms with Crippen LogP contribution in [0.15, 0.2) is 0 Å². The van der Waals surface area contributed by atoms with Crippen molar-refractivity contribution in [2.45, 2.75) is 52.6 Å². The number of hydrogen-bond donors (Lipinski definition) is 0. The molecule has 0 aromatic heterocycles. The quantitative estimate of drug-likeness (QED) is 0.634. The Labute approximate surface area is 98.1 Å². The zero-order chi connectivity index (χ0) is 12.0. The van der Waals surface area contributed by atoms with Gasteiger partial charge < -0.3 is 9.64 Å². The number of ether oxygens (including phenoxy) is 1. The van der Waals surface area contributed by atoms with Gasteiger partial charge in [-0.05, 0) is 44.9 Å². The van der Waals surface area contributed by atoms with Gasteiger partial charge in [0.2, 0.25) is 0 Å². The van der Waals surface area contributed by atoms with Crippen LogP contribution in [0.4, 0.5) is 4.79 Å². The molecule has 1 heterocycles. The third-order valence-electron chi connectivity index (χ3n) is 3.93. The molecule has 2 aliphatic rings. The van der Waals surface area contributed by atoms with Crippen LogP contribution in [0.25, 0.3) is 0 Å². The molecule has 0 N–H and O–H groups in total. The van der Waals surface area contributed by atoms with Crippen molar-refractivity contribution in [2.75, 3.05) is 13.1 Å². The van der Waals surface area contributed by atoms with Gasteiger partial charge in [0.25, 0.3) is 0 Å². The molecule has 3 heteroatoms. The number of nitrogens with zero attached hydrogens (tertiary/aromatic N) is 1. The van der Waals surface area contributed by atoms with Gasteiger partial charge in [0.1, 0.15) is 5.60 Å². The molecule has 0 radical (unpaired) electrons. The van der Waals surface area contributed by atoms with E-state index in [2.05, 4.69) is 6.92 Å². The Bertz CT molecular complexity index is 295. The molecule has 2 atom stereocenters. The maximum Gasteiger partial charge on any atom is 0.410 e. The van der Waals surface area contributed by atoms with E-state index in [-0.39, 0.29) is 11.7 Å². The van der Waals surface area contributed by atoms with Crippen molar-refractivity contribution in [3.63, 3.8) is 0 Å². The van der Waals surface area contributed by atoms with Gasteiger partial charge in [-0.2, -0.15) is 0 Å². The van der Waals surface area contributed by atoms with Crippen LogP contribution < -0.4 is 0 Å². The van der Waals surface area contributed by atoms with E-state index in [1.165, 1.54) is 19.3 Å². The fraction of sp³-hybridized carbons (Fsp3) is 0.923. The fourth-order valence-corrected chi connectivity index (χ4v) is 3.06. The molecule has 3 nitrogen and oxygen atoms in total. The molecule has 16 heavy (non-hydrogen) atoms. The van der Waals surface area contributed by atoms with Gasteiger partial charge >= 0.3 is 6.09 Å². The van der Waals surface area contributed by atoms with E-state index in [0.717, 1.165) is 13.1 Å². The molecule has 0 aromatic rings. The average Bonchev–Trinajstić information content (AvgIpc) is 2.55. The summed E-state index contributed by atoms with van der Waals surface area (Å²) in [6, 6.07) is 0. The van der Waals surface area contributed by atoms with E-state index in [4.69, 9.17) is 4.74 Å². The molecular weight excluding hydrogens is 202 g/mol. The second kappa shape index (κ2) is 3.64. The van der Waals surface area contributed by atoms with Crippen LogP contribution >= 0.6 is 0 Å². The minimum absolute atomic E-state index is 0.136. The van der Waals surface area contributed by atoms with E-state index in [1.807, 2.05) is 25.7 Å². The lowest BCUT2D eigenvalue weighted by Crippen LogP contribution is -2.36. The van der Waals surface area contributed by atoms with Crippen molar-refractivity contribution < 1.29 is 9.53 Å². The van der Waals surface area contributed by atoms with Crippen LogP contribution in [0, 0.1) is 11.3 Å². The van der Waals surface area contributed by atoms with Crippen LogP contribution in [0.1, 0.15) is 47.0 Å². The summed E-state index contributed by atoms with van der Waals surface area (Å²) in [5.74, 6) is 0.694. The Morgan fingerprint density at radius 2 is 2.12 bits per heavy atom. The number of carbonyl (C=O) groups is 1. The largest absolute Gasteiger partial charge is 0.444 e. The molecule has 1 saturated carbocycles. The van der Waals surface area contributed by atoms with Gasteiger partial charge in [-0.1, -0.05) is 13.3 Å². The van der Waals surface area contributed by atoms with Crippen LogP contribution in [0.3, 0.4) is 0 Å². The van der Waals surface area contributed by atoms with E-state index >= 15 is 0 Å². The molecule has 0 bridgehead atoms. The molecule has 92 valence electrons. The minimum atomic E-state index is -0.379. The minimum Gasteiger partial charge on any atom is -0.444 e. The lowest BCUT2D eigenvalue weighted by Gasteiger charge is -2.26. The molecule has 2 fully saturated rings. The lowest BCUT2D eigenvalue weighted by molar-refractivity contribution is 0.0270. The van der Waals surface area contributed by atoms with Crippen molar-refractivity contribution in [3.05, 3.63) is 0 Å². The van der Waals surface area contributed by atoms with Gasteiger partial charge in [-0.15, -0.1) is 0 Å². The second-order valence-corrected chi connectivity index (χ2v) is 6.60. The number of carbonyl (C=O) groups excluding carboxylic acids is 1. The predicted octanol–water partition coefficient (Wildman–Crippen LogP) is 3.04. The van der Waals surface area contributed by atoms with Crippen molar-refractivity contribution >= 4 is 6.09 Å². The SMILES string of the molecule is CC(C)(C)OC(=O)N1CC2CCC[C@]2(C)C1. The summed E-state index contributed by atoms with van der Waals surface area (Å²) in [5, 5.41) is 0. The number of fused-ring (bicyclic) bond motifs is 1. The van der Waals surface area contributed by atoms with E-state index in [1.54, 1.807) is 0 Å². The highest BCUT2D eigenvalue weighted by atomic mass is 16.6. The van der Waals surface area contributed by atoms with Gasteiger partial charge in [0.05, 0.1) is 0 Å². The molecule has 0 aromatic carbocycles. The number of likely N-dealkylation sites (tertiary alicyclic amines) is 1. The highest BCUT2D eigenvalue weighted by Crippen LogP contribution is 2.48. The number of amides is 1. The van der Waals surface area contributed by atoms with E-state index in [9.17, 15) is 4.79 Å². The molecule has 1 aliphatic heterocycles. The molecule has 2 rings (SSSR count). The zero-order valence-corrected chi connectivity index (χ0v) is 10.9. The van der Waals surface area contributed by atoms with Gasteiger partial charge in [0, 0.05) is 13.1 Å². The van der Waals surface area contributed by atoms with Gasteiger partial charge in [-0.3, -0.25) is 0 Å². The first-order chi connectivity index (χ1) is 7.30. The van der Waals surface area contributed by atoms with E-state index < -0.39 is 0 Å². The summed E-state index contributed by atoms with van der Waals surface area (Å²) < 4.78 is 5.42. The zero-order valence-electron chi connectivity index (χ0n) is 10.9. The molecule has 1 aliphatic carbocycles. The van der Waals surface area contributed by atoms with Crippen LogP contribution in [-0.4, -0.2) is 29.7 Å². The summed E-state index contributed by atoms with van der Waals surface area (Å²) >= 11 is 0. The second-order valence-electron chi connectivity index (χ2n) is 6.60. The standard InChI is InChI=1S/C13H23NO2/c1-12(2,3)16-11(15)14-8-10-6-5-7-13(10,4)9-14/h10H,5-9H2,1-4H3/t10?,13-/m1/s1. The Balaban J connectivity index is 1.97. The van der Waals surface area contributed by atoms with Crippen LogP contribution in [0.2, 0.25) is 0 Å². The first kappa shape index (κ1) is 11.7. The highest BCUT2D eigenvalue weighted by molar-refractivity contribution is 5.68. The predicted molar refractivity (Wildman–Crippen MR) is 63.3 cm³/mol. The summed E-state index contributed by atoms with van der Waals surface area (Å²) in [7, 11) is 0. The fourth-order valence-electron chi connectivity index (χ4n) is 3.06. The van der Waals surface area contributed by atoms with E-state index in [0.29, 0.717) is 11.3 Å². The summed E-state index contributed by atoms with van der Waals surface area (Å²) in [4.78, 5) is 13.8. The monoisotopic (exact) mass is 225 g/mol. The van der Waals surface area contributed by atoms with Crippen molar-refractivity contribution in [1.82, 2.24) is 4.90 Å². The molecular formula is C13H23NO2. The number of hydrogen-bond acceptors (Lipinski definition) is 2. The van der Waals surface area contributed by atoms with Crippen LogP contribution in [-0.2, 0) is 4.74 Å². The first-order valence-corrected chi connectivity index (χ1v) is 6.28. The maximum absolute atomic E-state index is 11.9. The third-order valence-corrected chi connectivity index (χ3v) is 3.93. The number of rotatable bonds is 0. The molecule has 1 saturated heterocycles. The third kappa shape index (κ3) is 2.18. The average molecular weight is 225 g/mol. The summed E-state index contributed by atoms with van der Waals surface area (Å²) in [6.45, 7) is 9.85. The Morgan fingerprint density at radius 3 is 2.69 bits per heavy atom. The van der Waals surface area contributed by atoms with Gasteiger partial charge in [0.15, 0.2) is 0 Å². The molecule has 1 amide bonds. The first-order valence-electron chi connectivity index (χ1n) is 6.28. The topological polar surface area (TPSA) is 29.5 Å².